The summed E-state index contributed by atoms with van der Waals surface area (Å²) in [5, 5.41) is 32.7. The summed E-state index contributed by atoms with van der Waals surface area (Å²) < 4.78 is 5.24. The fraction of sp³-hybridized carbons (Fsp3) is 0.857. The topological polar surface area (TPSA) is 107 Å². The van der Waals surface area contributed by atoms with Gasteiger partial charge < -0.3 is 25.0 Å². The molecule has 0 aromatic heterocycles. The molecule has 6 rings (SSSR count). The average molecular weight is 488 g/mol. The van der Waals surface area contributed by atoms with Crippen LogP contribution < -0.4 is 0 Å². The van der Waals surface area contributed by atoms with Gasteiger partial charge in [0, 0.05) is 18.0 Å². The summed E-state index contributed by atoms with van der Waals surface area (Å²) in [6.07, 6.45) is 9.61. The fourth-order valence-corrected chi connectivity index (χ4v) is 10.3. The molecule has 35 heavy (non-hydrogen) atoms. The zero-order chi connectivity index (χ0) is 24.8. The van der Waals surface area contributed by atoms with Gasteiger partial charge in [-0.2, -0.15) is 0 Å². The minimum absolute atomic E-state index is 0.151. The van der Waals surface area contributed by atoms with Crippen LogP contribution in [-0.4, -0.2) is 63.2 Å². The van der Waals surface area contributed by atoms with Crippen molar-refractivity contribution in [2.24, 2.45) is 40.4 Å². The van der Waals surface area contributed by atoms with Crippen LogP contribution >= 0.6 is 0 Å². The van der Waals surface area contributed by atoms with E-state index in [2.05, 4.69) is 13.8 Å². The number of amides is 1. The molecule has 0 spiro atoms. The maximum Gasteiger partial charge on any atom is 0.407 e. The number of rotatable bonds is 2. The van der Waals surface area contributed by atoms with Crippen molar-refractivity contribution < 1.29 is 29.6 Å². The molecule has 4 aliphatic carbocycles. The van der Waals surface area contributed by atoms with Crippen molar-refractivity contribution in [1.82, 2.24) is 4.90 Å². The SMILES string of the molecule is C[C@]12CC[C@H](C3C(O)CCN3C(=O)O)C[C@H]1CC[C@@H]1[C@@H]2CC[C@]2(C)[C@@H](C3=CC(=O)OC3)CC[C@]12O. The highest BCUT2D eigenvalue weighted by Gasteiger charge is 2.68. The van der Waals surface area contributed by atoms with Crippen LogP contribution in [0.15, 0.2) is 11.6 Å². The first-order valence-electron chi connectivity index (χ1n) is 13.9. The molecule has 10 atom stereocenters. The Bertz CT molecular complexity index is 950. The van der Waals surface area contributed by atoms with Gasteiger partial charge in [-0.25, -0.2) is 9.59 Å². The zero-order valence-electron chi connectivity index (χ0n) is 21.1. The summed E-state index contributed by atoms with van der Waals surface area (Å²) in [7, 11) is 0. The number of fused-ring (bicyclic) bond motifs is 5. The number of aliphatic hydroxyl groups is 2. The standard InChI is InChI=1S/C28H41NO6/c1-26-9-5-16(24-22(30)8-12-29(24)25(32)33)13-18(26)3-4-21-20(26)6-10-27(2)19(7-11-28(21,27)34)17-14-23(31)35-15-17/h14,16,18-22,24,30,34H,3-13,15H2,1-2H3,(H,32,33)/t16-,18+,19+,20-,21+,22?,24?,26-,27+,28-/m0/s1. The van der Waals surface area contributed by atoms with Crippen molar-refractivity contribution in [3.63, 3.8) is 0 Å². The predicted octanol–water partition coefficient (Wildman–Crippen LogP) is 3.97. The number of esters is 1. The van der Waals surface area contributed by atoms with Crippen LogP contribution in [0.25, 0.3) is 0 Å². The quantitative estimate of drug-likeness (QED) is 0.509. The Morgan fingerprint density at radius 2 is 1.86 bits per heavy atom. The molecule has 6 aliphatic rings. The van der Waals surface area contributed by atoms with Gasteiger partial charge in [-0.05, 0) is 105 Å². The molecule has 1 saturated heterocycles. The van der Waals surface area contributed by atoms with E-state index in [1.165, 1.54) is 4.90 Å². The van der Waals surface area contributed by atoms with Gasteiger partial charge in [-0.1, -0.05) is 13.8 Å². The number of carbonyl (C=O) groups excluding carboxylic acids is 1. The van der Waals surface area contributed by atoms with E-state index in [1.807, 2.05) is 0 Å². The first-order valence-corrected chi connectivity index (χ1v) is 13.9. The van der Waals surface area contributed by atoms with Crippen molar-refractivity contribution in [2.45, 2.75) is 95.8 Å². The van der Waals surface area contributed by atoms with Crippen molar-refractivity contribution >= 4 is 12.1 Å². The second-order valence-electron chi connectivity index (χ2n) is 13.1. The van der Waals surface area contributed by atoms with Crippen molar-refractivity contribution in [3.05, 3.63) is 11.6 Å². The highest BCUT2D eigenvalue weighted by molar-refractivity contribution is 5.85. The van der Waals surface area contributed by atoms with E-state index < -0.39 is 17.8 Å². The fourth-order valence-electron chi connectivity index (χ4n) is 10.3. The van der Waals surface area contributed by atoms with Crippen LogP contribution in [0.2, 0.25) is 0 Å². The Kier molecular flexibility index (Phi) is 5.40. The van der Waals surface area contributed by atoms with E-state index in [4.69, 9.17) is 4.74 Å². The lowest BCUT2D eigenvalue weighted by atomic mass is 9.42. The van der Waals surface area contributed by atoms with Gasteiger partial charge in [-0.3, -0.25) is 0 Å². The molecule has 2 heterocycles. The number of cyclic esters (lactones) is 1. The van der Waals surface area contributed by atoms with Crippen LogP contribution in [0.3, 0.4) is 0 Å². The number of hydrogen-bond donors (Lipinski definition) is 3. The maximum atomic E-state index is 12.4. The molecule has 5 fully saturated rings. The molecule has 2 aliphatic heterocycles. The van der Waals surface area contributed by atoms with E-state index in [1.54, 1.807) is 6.08 Å². The molecule has 1 amide bonds. The van der Waals surface area contributed by atoms with Crippen LogP contribution in [-0.2, 0) is 9.53 Å². The molecule has 0 aromatic carbocycles. The normalized spacial score (nSPS) is 51.3. The Labute approximate surface area is 207 Å². The van der Waals surface area contributed by atoms with Crippen molar-refractivity contribution in [3.8, 4) is 0 Å². The molecular weight excluding hydrogens is 446 g/mol. The number of carboxylic acid groups (broad SMARTS) is 1. The monoisotopic (exact) mass is 487 g/mol. The predicted molar refractivity (Wildman–Crippen MR) is 128 cm³/mol. The van der Waals surface area contributed by atoms with Crippen molar-refractivity contribution in [2.75, 3.05) is 13.2 Å². The van der Waals surface area contributed by atoms with E-state index >= 15 is 0 Å². The lowest BCUT2D eigenvalue weighted by molar-refractivity contribution is -0.207. The molecule has 0 bridgehead atoms. The number of aliphatic hydroxyl groups excluding tert-OH is 1. The van der Waals surface area contributed by atoms with Gasteiger partial charge in [0.05, 0.1) is 17.7 Å². The average Bonchev–Trinajstić information content (AvgIpc) is 3.48. The maximum absolute atomic E-state index is 12.4. The largest absolute Gasteiger partial charge is 0.465 e. The first-order chi connectivity index (χ1) is 16.6. The first kappa shape index (κ1) is 23.8. The van der Waals surface area contributed by atoms with Gasteiger partial charge in [0.1, 0.15) is 6.61 Å². The lowest BCUT2D eigenvalue weighted by Gasteiger charge is -2.64. The summed E-state index contributed by atoms with van der Waals surface area (Å²) >= 11 is 0. The molecule has 2 unspecified atom stereocenters. The number of hydrogen-bond acceptors (Lipinski definition) is 5. The third-order valence-electron chi connectivity index (χ3n) is 12.2. The Morgan fingerprint density at radius 1 is 1.06 bits per heavy atom. The molecular formula is C28H41NO6. The zero-order valence-corrected chi connectivity index (χ0v) is 21.1. The molecule has 7 heteroatoms. The van der Waals surface area contributed by atoms with Crippen LogP contribution in [0.1, 0.15) is 78.1 Å². The molecule has 3 N–H and O–H groups in total. The minimum atomic E-state index is -0.905. The number of ether oxygens (including phenoxy) is 1. The molecule has 194 valence electrons. The number of likely N-dealkylation sites (tertiary alicyclic amines) is 1. The highest BCUT2D eigenvalue weighted by Crippen LogP contribution is 2.70. The second-order valence-corrected chi connectivity index (χ2v) is 13.1. The van der Waals surface area contributed by atoms with E-state index in [-0.39, 0.29) is 40.6 Å². The van der Waals surface area contributed by atoms with Crippen LogP contribution in [0.5, 0.6) is 0 Å². The summed E-state index contributed by atoms with van der Waals surface area (Å²) in [6, 6.07) is -0.270. The van der Waals surface area contributed by atoms with Crippen LogP contribution in [0, 0.1) is 40.4 Å². The van der Waals surface area contributed by atoms with Gasteiger partial charge >= 0.3 is 12.1 Å². The Morgan fingerprint density at radius 3 is 2.57 bits per heavy atom. The number of nitrogens with zero attached hydrogens (tertiary/aromatic N) is 1. The van der Waals surface area contributed by atoms with Gasteiger partial charge in [0.25, 0.3) is 0 Å². The van der Waals surface area contributed by atoms with E-state index in [0.29, 0.717) is 31.4 Å². The Hall–Kier alpha value is -1.60. The van der Waals surface area contributed by atoms with Gasteiger partial charge in [-0.15, -0.1) is 0 Å². The lowest BCUT2D eigenvalue weighted by Crippen LogP contribution is -2.62. The van der Waals surface area contributed by atoms with Gasteiger partial charge in [0.2, 0.25) is 0 Å². The highest BCUT2D eigenvalue weighted by atomic mass is 16.5. The third-order valence-corrected chi connectivity index (χ3v) is 12.2. The smallest absolute Gasteiger partial charge is 0.407 e. The van der Waals surface area contributed by atoms with Gasteiger partial charge in [0.15, 0.2) is 0 Å². The number of carbonyl (C=O) groups is 2. The molecule has 0 aromatic rings. The summed E-state index contributed by atoms with van der Waals surface area (Å²) in [4.78, 5) is 25.1. The molecule has 7 nitrogen and oxygen atoms in total. The van der Waals surface area contributed by atoms with E-state index in [9.17, 15) is 24.9 Å². The summed E-state index contributed by atoms with van der Waals surface area (Å²) in [6.45, 7) is 5.52. The van der Waals surface area contributed by atoms with E-state index in [0.717, 1.165) is 63.4 Å². The summed E-state index contributed by atoms with van der Waals surface area (Å²) in [5.41, 5.74) is 0.298. The minimum Gasteiger partial charge on any atom is -0.465 e. The summed E-state index contributed by atoms with van der Waals surface area (Å²) in [5.74, 6) is 1.45. The van der Waals surface area contributed by atoms with Crippen LogP contribution in [0.4, 0.5) is 4.79 Å². The van der Waals surface area contributed by atoms with Crippen molar-refractivity contribution in [1.29, 1.82) is 0 Å². The Balaban J connectivity index is 1.23. The second kappa shape index (κ2) is 7.95. The molecule has 0 radical (unpaired) electrons. The molecule has 4 saturated carbocycles. The third kappa shape index (κ3) is 3.22.